The molecule has 0 aliphatic heterocycles. The normalized spacial score (nSPS) is 11.4. The third-order valence-corrected chi connectivity index (χ3v) is 4.98. The smallest absolute Gasteiger partial charge is 0.338 e. The Bertz CT molecular complexity index is 1010. The molecule has 0 radical (unpaired) electrons. The van der Waals surface area contributed by atoms with Gasteiger partial charge in [0.25, 0.3) is 0 Å². The minimum Gasteiger partial charge on any atom is -0.464 e. The molecule has 188 valence electrons. The highest BCUT2D eigenvalue weighted by atomic mass is 16.7. The van der Waals surface area contributed by atoms with Crippen molar-refractivity contribution in [1.29, 1.82) is 0 Å². The van der Waals surface area contributed by atoms with E-state index in [2.05, 4.69) is 26.8 Å². The Morgan fingerprint density at radius 1 is 0.800 bits per heavy atom. The number of hydrogen-bond acceptors (Lipinski definition) is 6. The zero-order valence-electron chi connectivity index (χ0n) is 21.3. The van der Waals surface area contributed by atoms with Crippen LogP contribution in [0.2, 0.25) is 0 Å². The molecule has 0 aromatic heterocycles. The van der Waals surface area contributed by atoms with E-state index in [1.54, 1.807) is 26.4 Å². The minimum absolute atomic E-state index is 0.110. The Morgan fingerprint density at radius 3 is 2.09 bits per heavy atom. The van der Waals surface area contributed by atoms with E-state index in [9.17, 15) is 4.79 Å². The van der Waals surface area contributed by atoms with Gasteiger partial charge in [0.15, 0.2) is 25.1 Å². The van der Waals surface area contributed by atoms with E-state index in [4.69, 9.17) is 23.7 Å². The lowest BCUT2D eigenvalue weighted by Crippen LogP contribution is -2.05. The maximum Gasteiger partial charge on any atom is 0.338 e. The molecule has 0 unspecified atom stereocenters. The fraction of sp³-hybridized carbons (Fsp3) is 0.345. The number of carbonyl (C=O) groups excluding carboxylic acids is 1. The highest BCUT2D eigenvalue weighted by Crippen LogP contribution is 2.29. The van der Waals surface area contributed by atoms with Gasteiger partial charge in [-0.2, -0.15) is 0 Å². The van der Waals surface area contributed by atoms with Crippen LogP contribution in [0.25, 0.3) is 12.2 Å². The summed E-state index contributed by atoms with van der Waals surface area (Å²) in [6.45, 7) is 6.75. The van der Waals surface area contributed by atoms with Crippen LogP contribution in [0, 0.1) is 0 Å². The molecule has 2 aromatic rings. The van der Waals surface area contributed by atoms with Gasteiger partial charge in [-0.1, -0.05) is 47.6 Å². The number of ether oxygens (including phenoxy) is 5. The van der Waals surface area contributed by atoms with Crippen LogP contribution in [0.3, 0.4) is 0 Å². The zero-order valence-corrected chi connectivity index (χ0v) is 21.3. The predicted molar refractivity (Wildman–Crippen MR) is 140 cm³/mol. The van der Waals surface area contributed by atoms with E-state index < -0.39 is 0 Å². The first-order valence-electron chi connectivity index (χ1n) is 11.5. The molecule has 0 N–H and O–H groups in total. The molecule has 6 nitrogen and oxygen atoms in total. The molecule has 0 fully saturated rings. The second-order valence-electron chi connectivity index (χ2n) is 8.23. The summed E-state index contributed by atoms with van der Waals surface area (Å²) in [5.41, 5.74) is 4.93. The monoisotopic (exact) mass is 480 g/mol. The third kappa shape index (κ3) is 10.6. The van der Waals surface area contributed by atoms with Crippen molar-refractivity contribution in [3.8, 4) is 11.5 Å². The van der Waals surface area contributed by atoms with Gasteiger partial charge in [-0.3, -0.25) is 0 Å². The summed E-state index contributed by atoms with van der Waals surface area (Å²) in [5.74, 6) is 0.799. The Kier molecular flexibility index (Phi) is 12.4. The molecular weight excluding hydrogens is 444 g/mol. The number of methoxy groups -OCH3 is 2. The molecule has 6 heteroatoms. The van der Waals surface area contributed by atoms with Crippen LogP contribution in [0.5, 0.6) is 11.5 Å². The maximum atomic E-state index is 12.3. The quantitative estimate of drug-likeness (QED) is 0.130. The summed E-state index contributed by atoms with van der Waals surface area (Å²) >= 11 is 0. The summed E-state index contributed by atoms with van der Waals surface area (Å²) in [7, 11) is 3.12. The van der Waals surface area contributed by atoms with E-state index in [0.717, 1.165) is 24.0 Å². The first-order chi connectivity index (χ1) is 16.9. The molecule has 0 saturated heterocycles. The van der Waals surface area contributed by atoms with Crippen molar-refractivity contribution in [3.05, 3.63) is 82.5 Å². The number of rotatable bonds is 14. The number of benzene rings is 2. The van der Waals surface area contributed by atoms with E-state index >= 15 is 0 Å². The van der Waals surface area contributed by atoms with Gasteiger partial charge >= 0.3 is 5.97 Å². The predicted octanol–water partition coefficient (Wildman–Crippen LogP) is 6.67. The lowest BCUT2D eigenvalue weighted by molar-refractivity contribution is 0.0322. The van der Waals surface area contributed by atoms with E-state index in [0.29, 0.717) is 17.1 Å². The minimum atomic E-state index is -0.333. The molecule has 0 aliphatic rings. The Hall–Kier alpha value is -3.35. The van der Waals surface area contributed by atoms with Crippen LogP contribution >= 0.6 is 0 Å². The van der Waals surface area contributed by atoms with Crippen LogP contribution in [0.15, 0.2) is 65.8 Å². The van der Waals surface area contributed by atoms with Crippen LogP contribution in [0.4, 0.5) is 0 Å². The molecule has 0 saturated carbocycles. The maximum absolute atomic E-state index is 12.3. The number of carbonyl (C=O) groups is 1. The van der Waals surface area contributed by atoms with Gasteiger partial charge in [0, 0.05) is 14.2 Å². The Balaban J connectivity index is 1.94. The van der Waals surface area contributed by atoms with Gasteiger partial charge in [-0.15, -0.1) is 0 Å². The molecule has 35 heavy (non-hydrogen) atoms. The van der Waals surface area contributed by atoms with Gasteiger partial charge < -0.3 is 23.7 Å². The highest BCUT2D eigenvalue weighted by Gasteiger charge is 2.07. The van der Waals surface area contributed by atoms with Crippen molar-refractivity contribution < 1.29 is 28.5 Å². The van der Waals surface area contributed by atoms with E-state index in [1.165, 1.54) is 11.1 Å². The molecule has 2 rings (SSSR count). The van der Waals surface area contributed by atoms with Crippen LogP contribution < -0.4 is 9.47 Å². The van der Waals surface area contributed by atoms with Gasteiger partial charge in [-0.25, -0.2) is 4.79 Å². The van der Waals surface area contributed by atoms with Gasteiger partial charge in [0.1, 0.15) is 6.61 Å². The average molecular weight is 481 g/mol. The highest BCUT2D eigenvalue weighted by molar-refractivity contribution is 5.89. The van der Waals surface area contributed by atoms with Crippen molar-refractivity contribution in [3.63, 3.8) is 0 Å². The Morgan fingerprint density at radius 2 is 1.43 bits per heavy atom. The zero-order chi connectivity index (χ0) is 25.5. The summed E-state index contributed by atoms with van der Waals surface area (Å²) in [6.07, 6.45) is 10.0. The second kappa shape index (κ2) is 15.5. The number of allylic oxidation sites excluding steroid dienone is 3. The molecule has 0 heterocycles. The second-order valence-corrected chi connectivity index (χ2v) is 8.23. The number of hydrogen-bond donors (Lipinski definition) is 0. The fourth-order valence-electron chi connectivity index (χ4n) is 3.06. The number of esters is 1. The molecule has 2 aromatic carbocycles. The molecule has 0 bridgehead atoms. The van der Waals surface area contributed by atoms with Crippen LogP contribution in [0.1, 0.15) is 55.1 Å². The van der Waals surface area contributed by atoms with Crippen molar-refractivity contribution in [2.45, 2.75) is 33.6 Å². The first kappa shape index (κ1) is 27.9. The SMILES string of the molecule is COCOc1ccc(C=Cc2ccc(C(=O)OCC=C(C)CCC=C(C)C)cc2)cc1OCOC. The molecule has 0 aliphatic carbocycles. The lowest BCUT2D eigenvalue weighted by Gasteiger charge is -2.12. The summed E-state index contributed by atoms with van der Waals surface area (Å²) in [5, 5.41) is 0. The largest absolute Gasteiger partial charge is 0.464 e. The standard InChI is InChI=1S/C29H36O6/c1-22(2)7-6-8-23(3)17-18-33-29(30)26-14-11-24(12-15-26)9-10-25-13-16-27(34-20-31-4)28(19-25)35-21-32-5/h7,9-17,19H,6,8,18,20-21H2,1-5H3. The van der Waals surface area contributed by atoms with Crippen LogP contribution in [-0.4, -0.2) is 40.4 Å². The van der Waals surface area contributed by atoms with Crippen molar-refractivity contribution in [2.75, 3.05) is 34.4 Å². The summed E-state index contributed by atoms with van der Waals surface area (Å²) in [4.78, 5) is 12.3. The first-order valence-corrected chi connectivity index (χ1v) is 11.5. The van der Waals surface area contributed by atoms with Crippen molar-refractivity contribution in [2.24, 2.45) is 0 Å². The molecule has 0 spiro atoms. The van der Waals surface area contributed by atoms with E-state index in [1.807, 2.05) is 48.6 Å². The lowest BCUT2D eigenvalue weighted by atomic mass is 10.1. The average Bonchev–Trinajstić information content (AvgIpc) is 2.85. The topological polar surface area (TPSA) is 63.2 Å². The summed E-state index contributed by atoms with van der Waals surface area (Å²) in [6, 6.07) is 12.9. The fourth-order valence-corrected chi connectivity index (χ4v) is 3.06. The molecule has 0 atom stereocenters. The van der Waals surface area contributed by atoms with Gasteiger partial charge in [0.2, 0.25) is 0 Å². The van der Waals surface area contributed by atoms with Crippen molar-refractivity contribution >= 4 is 18.1 Å². The van der Waals surface area contributed by atoms with Gasteiger partial charge in [-0.05, 0) is 75.1 Å². The van der Waals surface area contributed by atoms with Gasteiger partial charge in [0.05, 0.1) is 5.56 Å². The van der Waals surface area contributed by atoms with E-state index in [-0.39, 0.29) is 26.2 Å². The van der Waals surface area contributed by atoms with Crippen molar-refractivity contribution in [1.82, 2.24) is 0 Å². The molecule has 0 amide bonds. The Labute approximate surface area is 208 Å². The summed E-state index contributed by atoms with van der Waals surface area (Å²) < 4.78 is 26.5. The molecular formula is C29H36O6. The van der Waals surface area contributed by atoms with Crippen LogP contribution in [-0.2, 0) is 14.2 Å². The third-order valence-electron chi connectivity index (χ3n) is 4.98.